The van der Waals surface area contributed by atoms with E-state index in [-0.39, 0.29) is 5.75 Å². The van der Waals surface area contributed by atoms with Gasteiger partial charge in [0.2, 0.25) is 0 Å². The fourth-order valence-electron chi connectivity index (χ4n) is 0.845. The zero-order valence-corrected chi connectivity index (χ0v) is 15.9. The predicted octanol–water partition coefficient (Wildman–Crippen LogP) is 0.413. The lowest BCUT2D eigenvalue weighted by Crippen LogP contribution is -2.06. The van der Waals surface area contributed by atoms with Crippen molar-refractivity contribution in [1.82, 2.24) is 0 Å². The van der Waals surface area contributed by atoms with E-state index in [9.17, 15) is 0 Å². The number of rotatable bonds is 27. The van der Waals surface area contributed by atoms with E-state index in [4.69, 9.17) is 16.9 Å². The first-order valence-corrected chi connectivity index (χ1v) is 7.11. The highest BCUT2D eigenvalue weighted by Gasteiger charge is 2.02. The fraction of sp³-hybridized carbons (Fsp3) is 0. The van der Waals surface area contributed by atoms with E-state index in [0.717, 1.165) is 0 Å². The number of hydrogen-bond acceptors (Lipinski definition) is 28. The fourth-order valence-corrected chi connectivity index (χ4v) is 1.03. The minimum atomic E-state index is 0.166. The summed E-state index contributed by atoms with van der Waals surface area (Å²) in [7, 11) is 0. The van der Waals surface area contributed by atoms with Crippen LogP contribution in [0.2, 0.25) is 5.02 Å². The Balaban J connectivity index is 1.66. The van der Waals surface area contributed by atoms with Gasteiger partial charge in [0.25, 0.3) is 0 Å². The van der Waals surface area contributed by atoms with Crippen molar-refractivity contribution < 1.29 is 141 Å². The molecule has 0 amide bonds. The van der Waals surface area contributed by atoms with E-state index in [2.05, 4.69) is 136 Å². The molecule has 0 spiro atoms. The molecule has 0 radical (unpaired) electrons. The van der Waals surface area contributed by atoms with E-state index in [1.807, 2.05) is 0 Å². The molecule has 1 rings (SSSR count). The minimum absolute atomic E-state index is 0.166. The van der Waals surface area contributed by atoms with Gasteiger partial charge < -0.3 is 4.89 Å². The lowest BCUT2D eigenvalue weighted by atomic mass is 10.3. The normalized spacial score (nSPS) is 11.3. The molecule has 1 aromatic carbocycles. The lowest BCUT2D eigenvalue weighted by Gasteiger charge is -2.01. The molecule has 0 aliphatic rings. The molecule has 204 valence electrons. The average Bonchev–Trinajstić information content (AvgIpc) is 2.86. The summed E-state index contributed by atoms with van der Waals surface area (Å²) in [4.78, 5) is 4.53. The van der Waals surface area contributed by atoms with Crippen LogP contribution in [0.15, 0.2) is 24.3 Å². The van der Waals surface area contributed by atoms with Crippen molar-refractivity contribution in [1.29, 1.82) is 0 Å². The van der Waals surface area contributed by atoms with Gasteiger partial charge in [0, 0.05) is 102 Å². The monoisotopic (exact) mass is 560 g/mol. The first kappa shape index (κ1) is 31.3. The van der Waals surface area contributed by atoms with Crippen LogP contribution in [0, 0.1) is 0 Å². The van der Waals surface area contributed by atoms with Crippen molar-refractivity contribution in [3.05, 3.63) is 29.3 Å². The van der Waals surface area contributed by atoms with Crippen LogP contribution in [0.5, 0.6) is 5.75 Å². The molecule has 0 aliphatic carbocycles. The van der Waals surface area contributed by atoms with Gasteiger partial charge in [-0.25, -0.2) is 5.26 Å². The van der Waals surface area contributed by atoms with E-state index in [0.29, 0.717) is 5.02 Å². The molecule has 1 N–H and O–H groups in total. The summed E-state index contributed by atoms with van der Waals surface area (Å²) in [6.45, 7) is 0. The van der Waals surface area contributed by atoms with Crippen LogP contribution in [0.25, 0.3) is 0 Å². The summed E-state index contributed by atoms with van der Waals surface area (Å²) < 4.78 is 0. The quantitative estimate of drug-likeness (QED) is 0.0866. The van der Waals surface area contributed by atoms with E-state index < -0.39 is 0 Å². The predicted molar refractivity (Wildman–Crippen MR) is 62.9 cm³/mol. The molecule has 29 heteroatoms. The largest absolute Gasteiger partial charge is 0.306 e. The molecule has 0 aliphatic heterocycles. The molecule has 0 bridgehead atoms. The van der Waals surface area contributed by atoms with Crippen LogP contribution in [0.4, 0.5) is 0 Å². The highest BCUT2D eigenvalue weighted by molar-refractivity contribution is 6.30. The Hall–Kier alpha value is -1.77. The van der Waals surface area contributed by atoms with Crippen molar-refractivity contribution in [3.8, 4) is 5.75 Å². The maximum atomic E-state index is 7.55. The molecule has 28 nitrogen and oxygen atoms in total. The first-order valence-electron chi connectivity index (χ1n) is 6.73. The second kappa shape index (κ2) is 25.3. The Morgan fingerprint density at radius 1 is 0.429 bits per heavy atom. The molecular weight excluding hydrogens is 555 g/mol. The summed E-state index contributed by atoms with van der Waals surface area (Å²) in [5.41, 5.74) is 0. The van der Waals surface area contributed by atoms with E-state index in [1.165, 1.54) is 12.1 Å². The SMILES string of the molecule is OOOOOOOOOOOOOOOOOOOOOOOOOOOOc1cccc(Cl)c1. The van der Waals surface area contributed by atoms with Crippen molar-refractivity contribution in [2.24, 2.45) is 0 Å². The van der Waals surface area contributed by atoms with Gasteiger partial charge in [-0.3, -0.25) is 0 Å². The topological polar surface area (TPSA) is 269 Å². The maximum absolute atomic E-state index is 7.55. The Labute approximate surface area is 189 Å². The third kappa shape index (κ3) is 22.4. The zero-order valence-electron chi connectivity index (χ0n) is 15.2. The van der Waals surface area contributed by atoms with Gasteiger partial charge in [-0.1, -0.05) is 17.7 Å². The highest BCUT2D eigenvalue weighted by atomic mass is 35.5. The maximum Gasteiger partial charge on any atom is 0.170 e. The molecule has 1 aromatic rings. The molecule has 0 fully saturated rings. The van der Waals surface area contributed by atoms with Crippen LogP contribution in [-0.2, 0) is 131 Å². The van der Waals surface area contributed by atoms with Crippen LogP contribution in [0.3, 0.4) is 0 Å². The molecule has 0 unspecified atom stereocenters. The second-order valence-corrected chi connectivity index (χ2v) is 3.75. The molecule has 0 aromatic heterocycles. The molecule has 0 saturated heterocycles. The lowest BCUT2D eigenvalue weighted by molar-refractivity contribution is -0.903. The summed E-state index contributed by atoms with van der Waals surface area (Å²) in [6.07, 6.45) is 0. The van der Waals surface area contributed by atoms with Crippen LogP contribution in [-0.4, -0.2) is 5.26 Å². The Kier molecular flexibility index (Phi) is 22.6. The smallest absolute Gasteiger partial charge is 0.170 e. The number of hydrogen-bond donors (Lipinski definition) is 1. The Morgan fingerprint density at radius 3 is 1.06 bits per heavy atom. The zero-order chi connectivity index (χ0) is 25.1. The van der Waals surface area contributed by atoms with Gasteiger partial charge in [0.15, 0.2) is 5.75 Å². The number of halogens is 1. The van der Waals surface area contributed by atoms with Gasteiger partial charge in [-0.05, 0) is 52.4 Å². The second-order valence-electron chi connectivity index (χ2n) is 3.32. The van der Waals surface area contributed by atoms with Gasteiger partial charge in [0.1, 0.15) is 0 Å². The summed E-state index contributed by atoms with van der Waals surface area (Å²) in [5, 5.41) is 99.6. The van der Waals surface area contributed by atoms with Crippen molar-refractivity contribution in [2.75, 3.05) is 0 Å². The van der Waals surface area contributed by atoms with Gasteiger partial charge in [-0.2, -0.15) is 0 Å². The van der Waals surface area contributed by atoms with Gasteiger partial charge in [-0.15, -0.1) is 0 Å². The van der Waals surface area contributed by atoms with Crippen LogP contribution < -0.4 is 4.89 Å². The summed E-state index contributed by atoms with van der Waals surface area (Å²) in [6, 6.07) is 6.00. The molecule has 0 atom stereocenters. The molecule has 0 heterocycles. The van der Waals surface area contributed by atoms with E-state index in [1.54, 1.807) is 12.1 Å². The van der Waals surface area contributed by atoms with Crippen molar-refractivity contribution >= 4 is 11.6 Å². The minimum Gasteiger partial charge on any atom is -0.306 e. The van der Waals surface area contributed by atoms with E-state index >= 15 is 0 Å². The number of benzene rings is 1. The summed E-state index contributed by atoms with van der Waals surface area (Å²) >= 11 is 5.67. The van der Waals surface area contributed by atoms with Crippen molar-refractivity contribution in [2.45, 2.75) is 0 Å². The highest BCUT2D eigenvalue weighted by Crippen LogP contribution is 2.17. The summed E-state index contributed by atoms with van der Waals surface area (Å²) in [5.74, 6) is 0.166. The molecule has 0 saturated carbocycles. The Morgan fingerprint density at radius 2 is 0.743 bits per heavy atom. The van der Waals surface area contributed by atoms with Gasteiger partial charge >= 0.3 is 0 Å². The van der Waals surface area contributed by atoms with Crippen LogP contribution >= 0.6 is 11.6 Å². The standard InChI is InChI=1S/C6H5ClO28/c7-5-2-1-3-6(4-5)9-11-13-15-17-19-21-23-25-27-29-31-33-35-34-32-30-28-26-24-22-20-18-16-14-12-10-8/h1-4,8H. The third-order valence-electron chi connectivity index (χ3n) is 1.62. The van der Waals surface area contributed by atoms with Crippen LogP contribution in [0.1, 0.15) is 0 Å². The molecule has 35 heavy (non-hydrogen) atoms. The average molecular weight is 561 g/mol. The van der Waals surface area contributed by atoms with Crippen molar-refractivity contribution in [3.63, 3.8) is 0 Å². The molecular formula is C6H5ClO28. The Bertz CT molecular complexity index is 560. The first-order chi connectivity index (χ1) is 17.3. The van der Waals surface area contributed by atoms with Gasteiger partial charge in [0.05, 0.1) is 0 Å². The third-order valence-corrected chi connectivity index (χ3v) is 1.86.